The van der Waals surface area contributed by atoms with E-state index in [0.717, 1.165) is 4.47 Å². The molecule has 0 aliphatic carbocycles. The molecule has 0 aliphatic heterocycles. The van der Waals surface area contributed by atoms with Crippen LogP contribution in [0.4, 0.5) is 10.5 Å². The number of para-hydroxylation sites is 1. The molecule has 0 aliphatic rings. The lowest BCUT2D eigenvalue weighted by atomic mass is 10.3. The number of carbonyl (C=O) groups is 1. The molecule has 3 nitrogen and oxygen atoms in total. The molecule has 0 radical (unpaired) electrons. The minimum atomic E-state index is -0.489. The monoisotopic (exact) mass is 255 g/mol. The highest BCUT2D eigenvalue weighted by atomic mass is 79.9. The summed E-state index contributed by atoms with van der Waals surface area (Å²) < 4.78 is 5.58. The lowest BCUT2D eigenvalue weighted by Crippen LogP contribution is -2.13. The molecule has 1 aromatic rings. The highest BCUT2D eigenvalue weighted by molar-refractivity contribution is 9.10. The Morgan fingerprint density at radius 1 is 1.57 bits per heavy atom. The zero-order valence-corrected chi connectivity index (χ0v) is 9.08. The Bertz CT molecular complexity index is 339. The normalized spacial score (nSPS) is 9.21. The van der Waals surface area contributed by atoms with Gasteiger partial charge in [0.05, 0.1) is 5.69 Å². The fourth-order valence-corrected chi connectivity index (χ4v) is 1.23. The highest BCUT2D eigenvalue weighted by Gasteiger charge is 2.03. The van der Waals surface area contributed by atoms with Crippen LogP contribution >= 0.6 is 15.9 Å². The number of nitrogens with one attached hydrogen (secondary N) is 1. The summed E-state index contributed by atoms with van der Waals surface area (Å²) in [6, 6.07) is 7.31. The van der Waals surface area contributed by atoms with E-state index in [9.17, 15) is 4.79 Å². The van der Waals surface area contributed by atoms with Gasteiger partial charge in [0.2, 0.25) is 0 Å². The van der Waals surface area contributed by atoms with E-state index in [1.807, 2.05) is 18.2 Å². The van der Waals surface area contributed by atoms with Gasteiger partial charge in [0.25, 0.3) is 0 Å². The van der Waals surface area contributed by atoms with Crippen molar-refractivity contribution < 1.29 is 9.53 Å². The van der Waals surface area contributed by atoms with Crippen LogP contribution in [0.25, 0.3) is 0 Å². The molecule has 0 fully saturated rings. The van der Waals surface area contributed by atoms with Gasteiger partial charge in [-0.1, -0.05) is 24.8 Å². The van der Waals surface area contributed by atoms with Crippen LogP contribution in [-0.2, 0) is 4.74 Å². The number of ether oxygens (including phenoxy) is 1. The van der Waals surface area contributed by atoms with Crippen LogP contribution in [0.1, 0.15) is 0 Å². The van der Waals surface area contributed by atoms with E-state index in [4.69, 9.17) is 4.74 Å². The fraction of sp³-hybridized carbons (Fsp3) is 0.100. The predicted octanol–water partition coefficient (Wildman–Crippen LogP) is 3.18. The Balaban J connectivity index is 2.56. The standard InChI is InChI=1S/C10H10BrNO2/c1-2-7-14-10(13)12-9-6-4-3-5-8(9)11/h2-6H,1,7H2,(H,12,13). The van der Waals surface area contributed by atoms with Gasteiger partial charge < -0.3 is 4.74 Å². The number of hydrogen-bond acceptors (Lipinski definition) is 2. The molecule has 0 bridgehead atoms. The Hall–Kier alpha value is -1.29. The van der Waals surface area contributed by atoms with Crippen LogP contribution in [0.2, 0.25) is 0 Å². The van der Waals surface area contributed by atoms with Crippen LogP contribution in [0.5, 0.6) is 0 Å². The van der Waals surface area contributed by atoms with Crippen molar-refractivity contribution >= 4 is 27.7 Å². The maximum absolute atomic E-state index is 11.1. The maximum Gasteiger partial charge on any atom is 0.411 e. The van der Waals surface area contributed by atoms with E-state index in [1.165, 1.54) is 6.08 Å². The van der Waals surface area contributed by atoms with E-state index in [2.05, 4.69) is 27.8 Å². The molecule has 1 amide bonds. The molecule has 0 aromatic heterocycles. The van der Waals surface area contributed by atoms with Gasteiger partial charge in [-0.05, 0) is 28.1 Å². The van der Waals surface area contributed by atoms with Crippen LogP contribution in [0.15, 0.2) is 41.4 Å². The van der Waals surface area contributed by atoms with Crippen molar-refractivity contribution in [2.24, 2.45) is 0 Å². The van der Waals surface area contributed by atoms with E-state index in [1.54, 1.807) is 6.07 Å². The van der Waals surface area contributed by atoms with Crippen LogP contribution in [0, 0.1) is 0 Å². The zero-order valence-electron chi connectivity index (χ0n) is 7.50. The molecule has 74 valence electrons. The maximum atomic E-state index is 11.1. The second-order valence-electron chi connectivity index (χ2n) is 2.49. The molecule has 1 N–H and O–H groups in total. The molecule has 0 spiro atoms. The first-order valence-electron chi connectivity index (χ1n) is 4.03. The summed E-state index contributed by atoms with van der Waals surface area (Å²) in [5, 5.41) is 2.59. The third kappa shape index (κ3) is 3.22. The van der Waals surface area contributed by atoms with E-state index >= 15 is 0 Å². The van der Waals surface area contributed by atoms with Gasteiger partial charge in [-0.2, -0.15) is 0 Å². The molecule has 0 heterocycles. The molecule has 0 unspecified atom stereocenters. The highest BCUT2D eigenvalue weighted by Crippen LogP contribution is 2.21. The average Bonchev–Trinajstić information content (AvgIpc) is 2.18. The van der Waals surface area contributed by atoms with Crippen molar-refractivity contribution in [3.63, 3.8) is 0 Å². The molecule has 1 aromatic carbocycles. The van der Waals surface area contributed by atoms with Gasteiger partial charge in [0.15, 0.2) is 0 Å². The predicted molar refractivity (Wildman–Crippen MR) is 59.3 cm³/mol. The largest absolute Gasteiger partial charge is 0.445 e. The Morgan fingerprint density at radius 3 is 2.93 bits per heavy atom. The van der Waals surface area contributed by atoms with Crippen molar-refractivity contribution in [1.82, 2.24) is 0 Å². The third-order valence-electron chi connectivity index (χ3n) is 1.44. The second kappa shape index (κ2) is 5.44. The quantitative estimate of drug-likeness (QED) is 0.843. The van der Waals surface area contributed by atoms with E-state index in [0.29, 0.717) is 5.69 Å². The smallest absolute Gasteiger partial charge is 0.411 e. The van der Waals surface area contributed by atoms with Crippen LogP contribution in [-0.4, -0.2) is 12.7 Å². The number of halogens is 1. The van der Waals surface area contributed by atoms with Gasteiger partial charge in [0.1, 0.15) is 6.61 Å². The van der Waals surface area contributed by atoms with Gasteiger partial charge in [-0.3, -0.25) is 5.32 Å². The van der Waals surface area contributed by atoms with Gasteiger partial charge in [-0.25, -0.2) is 4.79 Å². The minimum Gasteiger partial charge on any atom is -0.445 e. The number of amides is 1. The molecule has 4 heteroatoms. The number of rotatable bonds is 3. The molecule has 14 heavy (non-hydrogen) atoms. The molecule has 1 rings (SSSR count). The van der Waals surface area contributed by atoms with Crippen molar-refractivity contribution in [2.45, 2.75) is 0 Å². The van der Waals surface area contributed by atoms with Crippen molar-refractivity contribution in [2.75, 3.05) is 11.9 Å². The van der Waals surface area contributed by atoms with Gasteiger partial charge >= 0.3 is 6.09 Å². The van der Waals surface area contributed by atoms with Crippen molar-refractivity contribution in [3.05, 3.63) is 41.4 Å². The summed E-state index contributed by atoms with van der Waals surface area (Å²) in [7, 11) is 0. The first-order chi connectivity index (χ1) is 6.74. The first kappa shape index (κ1) is 10.8. The molecule has 0 saturated carbocycles. The van der Waals surface area contributed by atoms with Crippen molar-refractivity contribution in [3.8, 4) is 0 Å². The third-order valence-corrected chi connectivity index (χ3v) is 2.13. The van der Waals surface area contributed by atoms with E-state index < -0.39 is 6.09 Å². The Morgan fingerprint density at radius 2 is 2.29 bits per heavy atom. The number of anilines is 1. The van der Waals surface area contributed by atoms with Crippen molar-refractivity contribution in [1.29, 1.82) is 0 Å². The fourth-order valence-electron chi connectivity index (χ4n) is 0.843. The van der Waals surface area contributed by atoms with E-state index in [-0.39, 0.29) is 6.61 Å². The molecular weight excluding hydrogens is 246 g/mol. The Labute approximate surface area is 90.9 Å². The summed E-state index contributed by atoms with van der Waals surface area (Å²) in [5.74, 6) is 0. The summed E-state index contributed by atoms with van der Waals surface area (Å²) >= 11 is 3.30. The summed E-state index contributed by atoms with van der Waals surface area (Å²) in [4.78, 5) is 11.1. The number of carbonyl (C=O) groups excluding carboxylic acids is 1. The molecule has 0 saturated heterocycles. The molecule has 0 atom stereocenters. The molecular formula is C10H10BrNO2. The van der Waals surface area contributed by atoms with Gasteiger partial charge in [0, 0.05) is 4.47 Å². The van der Waals surface area contributed by atoms with Gasteiger partial charge in [-0.15, -0.1) is 0 Å². The average molecular weight is 256 g/mol. The minimum absolute atomic E-state index is 0.205. The SMILES string of the molecule is C=CCOC(=O)Nc1ccccc1Br. The first-order valence-corrected chi connectivity index (χ1v) is 4.82. The summed E-state index contributed by atoms with van der Waals surface area (Å²) in [6.07, 6.45) is 1.02. The summed E-state index contributed by atoms with van der Waals surface area (Å²) in [6.45, 7) is 3.65. The number of benzene rings is 1. The lowest BCUT2D eigenvalue weighted by Gasteiger charge is -2.06. The zero-order chi connectivity index (χ0) is 10.4. The topological polar surface area (TPSA) is 38.3 Å². The second-order valence-corrected chi connectivity index (χ2v) is 3.35. The lowest BCUT2D eigenvalue weighted by molar-refractivity contribution is 0.174. The van der Waals surface area contributed by atoms with Crippen LogP contribution < -0.4 is 5.32 Å². The van der Waals surface area contributed by atoms with Crippen LogP contribution in [0.3, 0.4) is 0 Å². The summed E-state index contributed by atoms with van der Waals surface area (Å²) in [5.41, 5.74) is 0.682. The Kier molecular flexibility index (Phi) is 4.19. The number of hydrogen-bond donors (Lipinski definition) is 1.